The maximum atomic E-state index is 12.9. The minimum atomic E-state index is -4.53. The Labute approximate surface area is 142 Å². The van der Waals surface area contributed by atoms with E-state index in [9.17, 15) is 18.0 Å². The van der Waals surface area contributed by atoms with E-state index in [4.69, 9.17) is 16.3 Å². The second kappa shape index (κ2) is 7.13. The quantitative estimate of drug-likeness (QED) is 0.795. The van der Waals surface area contributed by atoms with Crippen LogP contribution in [0.2, 0.25) is 5.02 Å². The molecule has 1 N–H and O–H groups in total. The average molecular weight is 358 g/mol. The van der Waals surface area contributed by atoms with Crippen molar-refractivity contribution in [1.82, 2.24) is 0 Å². The summed E-state index contributed by atoms with van der Waals surface area (Å²) in [6.45, 7) is 3.47. The second-order valence-electron chi connectivity index (χ2n) is 5.31. The molecule has 0 fully saturated rings. The lowest BCUT2D eigenvalue weighted by atomic mass is 10.1. The number of anilines is 1. The van der Waals surface area contributed by atoms with Crippen molar-refractivity contribution < 1.29 is 22.7 Å². The summed E-state index contributed by atoms with van der Waals surface area (Å²) in [5.74, 6) is -0.466. The molecule has 0 atom stereocenters. The minimum Gasteiger partial charge on any atom is -0.489 e. The van der Waals surface area contributed by atoms with Crippen LogP contribution in [0.15, 0.2) is 42.5 Å². The van der Waals surface area contributed by atoms with Crippen LogP contribution in [0.1, 0.15) is 29.8 Å². The summed E-state index contributed by atoms with van der Waals surface area (Å²) in [5, 5.41) is 2.64. The Kier molecular flexibility index (Phi) is 5.39. The van der Waals surface area contributed by atoms with Gasteiger partial charge in [-0.15, -0.1) is 0 Å². The zero-order chi connectivity index (χ0) is 17.9. The minimum absolute atomic E-state index is 0.0663. The number of rotatable bonds is 4. The molecular formula is C17H15ClF3NO2. The zero-order valence-electron chi connectivity index (χ0n) is 12.9. The normalized spacial score (nSPS) is 11.5. The van der Waals surface area contributed by atoms with E-state index in [2.05, 4.69) is 5.32 Å². The standard InChI is InChI=1S/C17H15ClF3NO2/c1-10(2)24-15-8-7-11(17(19,20)21)9-14(15)22-16(23)12-5-3-4-6-13(12)18/h3-10H,1-2H3,(H,22,23). The summed E-state index contributed by atoms with van der Waals surface area (Å²) >= 11 is 5.94. The molecule has 1 amide bonds. The van der Waals surface area contributed by atoms with Crippen molar-refractivity contribution in [1.29, 1.82) is 0 Å². The molecule has 2 aromatic rings. The van der Waals surface area contributed by atoms with Gasteiger partial charge in [-0.1, -0.05) is 23.7 Å². The Bertz CT molecular complexity index is 745. The molecule has 0 saturated carbocycles. The smallest absolute Gasteiger partial charge is 0.416 e. The Morgan fingerprint density at radius 1 is 1.17 bits per heavy atom. The molecule has 0 aliphatic carbocycles. The number of nitrogens with one attached hydrogen (secondary N) is 1. The van der Waals surface area contributed by atoms with Gasteiger partial charge in [0.1, 0.15) is 5.75 Å². The molecule has 0 aliphatic heterocycles. The molecule has 0 heterocycles. The summed E-state index contributed by atoms with van der Waals surface area (Å²) in [7, 11) is 0. The summed E-state index contributed by atoms with van der Waals surface area (Å²) in [6, 6.07) is 9.19. The first-order valence-electron chi connectivity index (χ1n) is 7.12. The van der Waals surface area contributed by atoms with Crippen molar-refractivity contribution in [2.24, 2.45) is 0 Å². The summed E-state index contributed by atoms with van der Waals surface area (Å²) in [4.78, 5) is 12.3. The fourth-order valence-electron chi connectivity index (χ4n) is 2.00. The molecule has 0 aliphatic rings. The van der Waals surface area contributed by atoms with Crippen molar-refractivity contribution >= 4 is 23.2 Å². The molecule has 24 heavy (non-hydrogen) atoms. The van der Waals surface area contributed by atoms with Gasteiger partial charge in [-0.05, 0) is 44.2 Å². The Balaban J connectivity index is 2.39. The molecule has 0 unspecified atom stereocenters. The van der Waals surface area contributed by atoms with Crippen LogP contribution in [0, 0.1) is 0 Å². The van der Waals surface area contributed by atoms with Crippen molar-refractivity contribution in [3.8, 4) is 5.75 Å². The third-order valence-electron chi connectivity index (χ3n) is 3.04. The van der Waals surface area contributed by atoms with Gasteiger partial charge in [0.2, 0.25) is 0 Å². The van der Waals surface area contributed by atoms with Crippen molar-refractivity contribution in [3.63, 3.8) is 0 Å². The number of benzene rings is 2. The van der Waals surface area contributed by atoms with Gasteiger partial charge in [-0.25, -0.2) is 0 Å². The highest BCUT2D eigenvalue weighted by molar-refractivity contribution is 6.34. The maximum Gasteiger partial charge on any atom is 0.416 e. The van der Waals surface area contributed by atoms with E-state index in [0.29, 0.717) is 0 Å². The molecule has 2 aromatic carbocycles. The van der Waals surface area contributed by atoms with E-state index in [-0.39, 0.29) is 28.1 Å². The topological polar surface area (TPSA) is 38.3 Å². The third kappa shape index (κ3) is 4.41. The van der Waals surface area contributed by atoms with E-state index in [0.717, 1.165) is 12.1 Å². The van der Waals surface area contributed by atoms with Gasteiger partial charge >= 0.3 is 6.18 Å². The number of amides is 1. The molecule has 3 nitrogen and oxygen atoms in total. The highest BCUT2D eigenvalue weighted by Gasteiger charge is 2.31. The lowest BCUT2D eigenvalue weighted by molar-refractivity contribution is -0.137. The molecule has 128 valence electrons. The number of carbonyl (C=O) groups excluding carboxylic acids is 1. The highest BCUT2D eigenvalue weighted by atomic mass is 35.5. The Morgan fingerprint density at radius 2 is 1.83 bits per heavy atom. The highest BCUT2D eigenvalue weighted by Crippen LogP contribution is 2.35. The summed E-state index contributed by atoms with van der Waals surface area (Å²) < 4.78 is 44.2. The first kappa shape index (κ1) is 18.1. The van der Waals surface area contributed by atoms with E-state index >= 15 is 0 Å². The summed E-state index contributed by atoms with van der Waals surface area (Å²) in [6.07, 6.45) is -4.79. The van der Waals surface area contributed by atoms with Crippen LogP contribution in [0.5, 0.6) is 5.75 Å². The predicted molar refractivity (Wildman–Crippen MR) is 86.6 cm³/mol. The van der Waals surface area contributed by atoms with Crippen molar-refractivity contribution in [2.75, 3.05) is 5.32 Å². The number of hydrogen-bond acceptors (Lipinski definition) is 2. The first-order chi connectivity index (χ1) is 11.2. The molecule has 0 bridgehead atoms. The van der Waals surface area contributed by atoms with Gasteiger partial charge in [-0.2, -0.15) is 13.2 Å². The molecule has 0 spiro atoms. The second-order valence-corrected chi connectivity index (χ2v) is 5.72. The van der Waals surface area contributed by atoms with Crippen LogP contribution in [-0.4, -0.2) is 12.0 Å². The zero-order valence-corrected chi connectivity index (χ0v) is 13.7. The fourth-order valence-corrected chi connectivity index (χ4v) is 2.22. The van der Waals surface area contributed by atoms with E-state index in [1.165, 1.54) is 18.2 Å². The van der Waals surface area contributed by atoms with Gasteiger partial charge in [0.25, 0.3) is 5.91 Å². The van der Waals surface area contributed by atoms with Crippen LogP contribution < -0.4 is 10.1 Å². The molecule has 0 saturated heterocycles. The van der Waals surface area contributed by atoms with Crippen molar-refractivity contribution in [2.45, 2.75) is 26.1 Å². The monoisotopic (exact) mass is 357 g/mol. The number of carbonyl (C=O) groups is 1. The Hall–Kier alpha value is -2.21. The summed E-state index contributed by atoms with van der Waals surface area (Å²) in [5.41, 5.74) is -0.788. The maximum absolute atomic E-state index is 12.9. The van der Waals surface area contributed by atoms with Gasteiger partial charge < -0.3 is 10.1 Å². The fraction of sp³-hybridized carbons (Fsp3) is 0.235. The van der Waals surface area contributed by atoms with Gasteiger partial charge in [0, 0.05) is 0 Å². The SMILES string of the molecule is CC(C)Oc1ccc(C(F)(F)F)cc1NC(=O)c1ccccc1Cl. The van der Waals surface area contributed by atoms with E-state index in [1.807, 2.05) is 0 Å². The van der Waals surface area contributed by atoms with Gasteiger partial charge in [-0.3, -0.25) is 4.79 Å². The number of hydrogen-bond donors (Lipinski definition) is 1. The van der Waals surface area contributed by atoms with Crippen LogP contribution in [0.4, 0.5) is 18.9 Å². The molecular weight excluding hydrogens is 343 g/mol. The number of ether oxygens (including phenoxy) is 1. The van der Waals surface area contributed by atoms with Gasteiger partial charge in [0.05, 0.1) is 27.9 Å². The Morgan fingerprint density at radius 3 is 2.42 bits per heavy atom. The molecule has 7 heteroatoms. The van der Waals surface area contributed by atoms with Crippen LogP contribution in [0.3, 0.4) is 0 Å². The lowest BCUT2D eigenvalue weighted by Crippen LogP contribution is -2.16. The molecule has 2 rings (SSSR count). The average Bonchev–Trinajstić information content (AvgIpc) is 2.47. The van der Waals surface area contributed by atoms with E-state index in [1.54, 1.807) is 26.0 Å². The first-order valence-corrected chi connectivity index (χ1v) is 7.50. The largest absolute Gasteiger partial charge is 0.489 e. The number of halogens is 4. The van der Waals surface area contributed by atoms with Crippen LogP contribution in [0.25, 0.3) is 0 Å². The molecule has 0 aromatic heterocycles. The van der Waals surface area contributed by atoms with Crippen LogP contribution in [-0.2, 0) is 6.18 Å². The van der Waals surface area contributed by atoms with E-state index < -0.39 is 17.6 Å². The van der Waals surface area contributed by atoms with Gasteiger partial charge in [0.15, 0.2) is 0 Å². The molecule has 0 radical (unpaired) electrons. The van der Waals surface area contributed by atoms with Crippen molar-refractivity contribution in [3.05, 3.63) is 58.6 Å². The lowest BCUT2D eigenvalue weighted by Gasteiger charge is -2.17. The third-order valence-corrected chi connectivity index (χ3v) is 3.37. The number of alkyl halides is 3. The predicted octanol–water partition coefficient (Wildman–Crippen LogP) is 5.40. The van der Waals surface area contributed by atoms with Crippen LogP contribution >= 0.6 is 11.6 Å².